The van der Waals surface area contributed by atoms with Gasteiger partial charge in [-0.25, -0.2) is 4.98 Å². The van der Waals surface area contributed by atoms with Crippen LogP contribution in [0.25, 0.3) is 0 Å². The average molecular weight is 374 g/mol. The highest BCUT2D eigenvalue weighted by Crippen LogP contribution is 2.23. The van der Waals surface area contributed by atoms with E-state index in [9.17, 15) is 4.79 Å². The molecule has 2 aromatic heterocycles. The third-order valence-electron chi connectivity index (χ3n) is 2.13. The first kappa shape index (κ1) is 13.3. The molecule has 0 fully saturated rings. The fourth-order valence-electron chi connectivity index (χ4n) is 1.36. The van der Waals surface area contributed by atoms with Crippen molar-refractivity contribution in [2.75, 3.05) is 11.9 Å². The predicted octanol–water partition coefficient (Wildman–Crippen LogP) is 3.40. The molecule has 2 heterocycles. The molecule has 2 rings (SSSR count). The first-order valence-corrected chi connectivity index (χ1v) is 7.29. The number of anilines is 1. The summed E-state index contributed by atoms with van der Waals surface area (Å²) in [5.41, 5.74) is 1.24. The quantitative estimate of drug-likeness (QED) is 0.835. The summed E-state index contributed by atoms with van der Waals surface area (Å²) in [4.78, 5) is 16.1. The number of carbonyl (C=O) groups is 1. The van der Waals surface area contributed by atoms with Crippen molar-refractivity contribution in [1.29, 1.82) is 0 Å². The van der Waals surface area contributed by atoms with Crippen molar-refractivity contribution >= 4 is 45.5 Å². The molecule has 0 aliphatic carbocycles. The van der Waals surface area contributed by atoms with E-state index in [1.165, 1.54) is 11.3 Å². The number of thiophene rings is 1. The molecule has 0 bridgehead atoms. The number of halogens is 1. The summed E-state index contributed by atoms with van der Waals surface area (Å²) in [6.45, 7) is 2.39. The maximum absolute atomic E-state index is 12.0. The zero-order valence-electron chi connectivity index (χ0n) is 9.64. The highest BCUT2D eigenvalue weighted by atomic mass is 127. The molecular formula is C12H11IN2O2S. The van der Waals surface area contributed by atoms with Gasteiger partial charge in [0, 0.05) is 11.6 Å². The van der Waals surface area contributed by atoms with E-state index in [1.54, 1.807) is 18.3 Å². The highest BCUT2D eigenvalue weighted by molar-refractivity contribution is 14.1. The van der Waals surface area contributed by atoms with Crippen LogP contribution in [0, 0.1) is 2.88 Å². The van der Waals surface area contributed by atoms with Gasteiger partial charge in [0.25, 0.3) is 5.91 Å². The van der Waals surface area contributed by atoms with Crippen LogP contribution in [0.2, 0.25) is 0 Å². The summed E-state index contributed by atoms with van der Waals surface area (Å²) in [5.74, 6) is 0.293. The van der Waals surface area contributed by atoms with Gasteiger partial charge >= 0.3 is 0 Å². The number of rotatable bonds is 4. The van der Waals surface area contributed by atoms with Crippen LogP contribution < -0.4 is 10.1 Å². The Morgan fingerprint density at radius 3 is 3.11 bits per heavy atom. The van der Waals surface area contributed by atoms with Gasteiger partial charge in [-0.1, -0.05) is 0 Å². The molecule has 0 aliphatic heterocycles. The van der Waals surface area contributed by atoms with Gasteiger partial charge in [-0.2, -0.15) is 0 Å². The highest BCUT2D eigenvalue weighted by Gasteiger charge is 2.11. The van der Waals surface area contributed by atoms with E-state index in [-0.39, 0.29) is 5.91 Å². The Kier molecular flexibility index (Phi) is 4.54. The zero-order chi connectivity index (χ0) is 13.0. The van der Waals surface area contributed by atoms with Crippen molar-refractivity contribution in [2.45, 2.75) is 6.92 Å². The average Bonchev–Trinajstić information content (AvgIpc) is 2.79. The zero-order valence-corrected chi connectivity index (χ0v) is 12.6. The summed E-state index contributed by atoms with van der Waals surface area (Å²) in [6.07, 6.45) is 1.63. The lowest BCUT2D eigenvalue weighted by atomic mass is 10.3. The van der Waals surface area contributed by atoms with Crippen molar-refractivity contribution in [3.05, 3.63) is 38.2 Å². The van der Waals surface area contributed by atoms with Gasteiger partial charge in [-0.3, -0.25) is 4.79 Å². The predicted molar refractivity (Wildman–Crippen MR) is 80.4 cm³/mol. The number of aromatic nitrogens is 1. The number of ether oxygens (including phenoxy) is 1. The van der Waals surface area contributed by atoms with Crippen molar-refractivity contribution < 1.29 is 9.53 Å². The minimum Gasteiger partial charge on any atom is -0.476 e. The topological polar surface area (TPSA) is 51.2 Å². The molecule has 0 aliphatic rings. The standard InChI is InChI=1S/C12H11IN2O2S/c1-2-17-12-9(4-3-5-14-12)15-11(16)8-6-10(13)18-7-8/h3-7H,2H2,1H3,(H,15,16). The molecular weight excluding hydrogens is 363 g/mol. The minimum absolute atomic E-state index is 0.150. The van der Waals surface area contributed by atoms with Gasteiger partial charge in [-0.15, -0.1) is 11.3 Å². The van der Waals surface area contributed by atoms with Crippen molar-refractivity contribution in [3.8, 4) is 5.88 Å². The van der Waals surface area contributed by atoms with E-state index >= 15 is 0 Å². The van der Waals surface area contributed by atoms with Gasteiger partial charge in [0.05, 0.1) is 15.1 Å². The number of pyridine rings is 1. The summed E-state index contributed by atoms with van der Waals surface area (Å²) in [7, 11) is 0. The third kappa shape index (κ3) is 3.20. The van der Waals surface area contributed by atoms with E-state index in [0.29, 0.717) is 23.7 Å². The second-order valence-electron chi connectivity index (χ2n) is 3.38. The van der Waals surface area contributed by atoms with Gasteiger partial charge in [0.2, 0.25) is 5.88 Å². The van der Waals surface area contributed by atoms with Crippen LogP contribution in [0.3, 0.4) is 0 Å². The van der Waals surface area contributed by atoms with Crippen molar-refractivity contribution in [3.63, 3.8) is 0 Å². The first-order valence-electron chi connectivity index (χ1n) is 5.34. The number of carbonyl (C=O) groups excluding carboxylic acids is 1. The Hall–Kier alpha value is -1.15. The van der Waals surface area contributed by atoms with Gasteiger partial charge < -0.3 is 10.1 Å². The molecule has 0 aromatic carbocycles. The second kappa shape index (κ2) is 6.14. The SMILES string of the molecule is CCOc1ncccc1NC(=O)c1csc(I)c1. The molecule has 18 heavy (non-hydrogen) atoms. The molecule has 2 aromatic rings. The molecule has 0 saturated carbocycles. The van der Waals surface area contributed by atoms with Gasteiger partial charge in [0.1, 0.15) is 5.69 Å². The third-order valence-corrected chi connectivity index (χ3v) is 3.92. The van der Waals surface area contributed by atoms with E-state index in [4.69, 9.17) is 4.74 Å². The largest absolute Gasteiger partial charge is 0.476 e. The molecule has 6 heteroatoms. The van der Waals surface area contributed by atoms with Crippen molar-refractivity contribution in [2.24, 2.45) is 0 Å². The van der Waals surface area contributed by atoms with E-state index in [0.717, 1.165) is 2.88 Å². The number of nitrogens with zero attached hydrogens (tertiary/aromatic N) is 1. The number of amides is 1. The fraction of sp³-hybridized carbons (Fsp3) is 0.167. The molecule has 0 atom stereocenters. The Morgan fingerprint density at radius 1 is 1.61 bits per heavy atom. The maximum Gasteiger partial charge on any atom is 0.256 e. The maximum atomic E-state index is 12.0. The van der Waals surface area contributed by atoms with E-state index in [2.05, 4.69) is 32.9 Å². The van der Waals surface area contributed by atoms with Crippen LogP contribution in [-0.2, 0) is 0 Å². The molecule has 1 N–H and O–H groups in total. The minimum atomic E-state index is -0.150. The molecule has 0 radical (unpaired) electrons. The first-order chi connectivity index (χ1) is 8.70. The van der Waals surface area contributed by atoms with Gasteiger partial charge in [0.15, 0.2) is 0 Å². The smallest absolute Gasteiger partial charge is 0.256 e. The van der Waals surface area contributed by atoms with Crippen LogP contribution in [-0.4, -0.2) is 17.5 Å². The Balaban J connectivity index is 2.16. The normalized spacial score (nSPS) is 10.1. The summed E-state index contributed by atoms with van der Waals surface area (Å²) in [5, 5.41) is 4.63. The Labute approximate surface area is 123 Å². The van der Waals surface area contributed by atoms with Gasteiger partial charge in [-0.05, 0) is 47.7 Å². The van der Waals surface area contributed by atoms with E-state index < -0.39 is 0 Å². The molecule has 4 nitrogen and oxygen atoms in total. The van der Waals surface area contributed by atoms with E-state index in [1.807, 2.05) is 18.4 Å². The summed E-state index contributed by atoms with van der Waals surface area (Å²) >= 11 is 3.72. The van der Waals surface area contributed by atoms with Crippen LogP contribution in [0.1, 0.15) is 17.3 Å². The molecule has 0 spiro atoms. The molecule has 0 unspecified atom stereocenters. The number of hydrogen-bond donors (Lipinski definition) is 1. The summed E-state index contributed by atoms with van der Waals surface area (Å²) < 4.78 is 6.43. The fourth-order valence-corrected chi connectivity index (χ4v) is 2.69. The van der Waals surface area contributed by atoms with Crippen LogP contribution in [0.5, 0.6) is 5.88 Å². The van der Waals surface area contributed by atoms with Crippen LogP contribution >= 0.6 is 33.9 Å². The molecule has 0 saturated heterocycles. The lowest BCUT2D eigenvalue weighted by molar-refractivity contribution is 0.102. The van der Waals surface area contributed by atoms with Crippen molar-refractivity contribution in [1.82, 2.24) is 4.98 Å². The van der Waals surface area contributed by atoms with Crippen LogP contribution in [0.15, 0.2) is 29.8 Å². The lowest BCUT2D eigenvalue weighted by Crippen LogP contribution is -2.12. The monoisotopic (exact) mass is 374 g/mol. The van der Waals surface area contributed by atoms with Crippen LogP contribution in [0.4, 0.5) is 5.69 Å². The lowest BCUT2D eigenvalue weighted by Gasteiger charge is -2.09. The number of nitrogens with one attached hydrogen (secondary N) is 1. The molecule has 1 amide bonds. The summed E-state index contributed by atoms with van der Waals surface area (Å²) in [6, 6.07) is 5.38. The molecule has 94 valence electrons. The Bertz CT molecular complexity index is 557. The number of hydrogen-bond acceptors (Lipinski definition) is 4. The Morgan fingerprint density at radius 2 is 2.44 bits per heavy atom. The second-order valence-corrected chi connectivity index (χ2v) is 6.19.